The van der Waals surface area contributed by atoms with Gasteiger partial charge in [-0.25, -0.2) is 4.39 Å². The van der Waals surface area contributed by atoms with Crippen molar-refractivity contribution in [2.75, 3.05) is 7.11 Å². The number of aromatic nitrogens is 1. The average Bonchev–Trinajstić information content (AvgIpc) is 2.76. The van der Waals surface area contributed by atoms with E-state index in [-0.39, 0.29) is 0 Å². The number of hydrogen-bond donors (Lipinski definition) is 0. The Hall–Kier alpha value is -1.36. The minimum absolute atomic E-state index is 0.296. The topological polar surface area (TPSA) is 35.3 Å². The lowest BCUT2D eigenvalue weighted by Crippen LogP contribution is -1.90. The van der Waals surface area contributed by atoms with E-state index in [1.807, 2.05) is 0 Å². The van der Waals surface area contributed by atoms with Gasteiger partial charge in [0.25, 0.3) is 0 Å². The first-order valence-corrected chi connectivity index (χ1v) is 5.73. The van der Waals surface area contributed by atoms with Gasteiger partial charge >= 0.3 is 0 Å². The first-order chi connectivity index (χ1) is 7.76. The molecule has 1 aromatic carbocycles. The molecule has 16 heavy (non-hydrogen) atoms. The molecule has 3 nitrogen and oxygen atoms in total. The Morgan fingerprint density at radius 1 is 1.50 bits per heavy atom. The lowest BCUT2D eigenvalue weighted by Gasteiger charge is -2.05. The van der Waals surface area contributed by atoms with Crippen molar-refractivity contribution in [3.05, 3.63) is 35.8 Å². The van der Waals surface area contributed by atoms with Crippen molar-refractivity contribution in [3.63, 3.8) is 0 Å². The predicted octanol–water partition coefficient (Wildman–Crippen LogP) is 3.38. The number of alkyl halides is 1. The minimum Gasteiger partial charge on any atom is -0.496 e. The molecule has 0 fully saturated rings. The van der Waals surface area contributed by atoms with Gasteiger partial charge in [0.1, 0.15) is 11.6 Å². The second-order valence-corrected chi connectivity index (χ2v) is 3.69. The molecular formula is C11H9BrFNO2. The van der Waals surface area contributed by atoms with Crippen molar-refractivity contribution in [1.82, 2.24) is 5.16 Å². The fourth-order valence-electron chi connectivity index (χ4n) is 1.41. The zero-order valence-electron chi connectivity index (χ0n) is 8.54. The molecule has 1 aromatic heterocycles. The number of benzene rings is 1. The Bertz CT molecular complexity index is 498. The van der Waals surface area contributed by atoms with Crippen molar-refractivity contribution >= 4 is 15.9 Å². The highest BCUT2D eigenvalue weighted by atomic mass is 79.9. The molecule has 0 saturated carbocycles. The molecule has 0 atom stereocenters. The van der Waals surface area contributed by atoms with Crippen molar-refractivity contribution in [3.8, 4) is 17.1 Å². The van der Waals surface area contributed by atoms with Gasteiger partial charge in [-0.15, -0.1) is 0 Å². The molecule has 0 radical (unpaired) electrons. The van der Waals surface area contributed by atoms with Crippen molar-refractivity contribution in [2.24, 2.45) is 0 Å². The van der Waals surface area contributed by atoms with Gasteiger partial charge in [-0.05, 0) is 12.1 Å². The summed E-state index contributed by atoms with van der Waals surface area (Å²) in [6.07, 6.45) is 0. The van der Waals surface area contributed by atoms with Gasteiger partial charge in [-0.3, -0.25) is 0 Å². The lowest BCUT2D eigenvalue weighted by atomic mass is 10.1. The summed E-state index contributed by atoms with van der Waals surface area (Å²) in [5.74, 6) is 0.401. The number of halogens is 2. The highest BCUT2D eigenvalue weighted by Crippen LogP contribution is 2.32. The van der Waals surface area contributed by atoms with Crippen LogP contribution in [0.1, 0.15) is 5.69 Å². The molecule has 0 aliphatic carbocycles. The summed E-state index contributed by atoms with van der Waals surface area (Å²) in [6.45, 7) is 0. The van der Waals surface area contributed by atoms with Crippen LogP contribution in [-0.4, -0.2) is 12.3 Å². The van der Waals surface area contributed by atoms with Gasteiger partial charge in [0.05, 0.1) is 18.4 Å². The molecule has 0 bridgehead atoms. The van der Waals surface area contributed by atoms with Crippen LogP contribution < -0.4 is 4.74 Å². The first kappa shape index (κ1) is 11.1. The van der Waals surface area contributed by atoms with E-state index < -0.39 is 5.82 Å². The molecule has 1 heterocycles. The van der Waals surface area contributed by atoms with Crippen LogP contribution in [0.2, 0.25) is 0 Å². The molecule has 0 aliphatic rings. The SMILES string of the molecule is COc1cccc(F)c1-c1cc(CBr)no1. The third-order valence-corrected chi connectivity index (χ3v) is 2.71. The molecular weight excluding hydrogens is 277 g/mol. The summed E-state index contributed by atoms with van der Waals surface area (Å²) in [5.41, 5.74) is 1.00. The third-order valence-electron chi connectivity index (χ3n) is 2.14. The number of ether oxygens (including phenoxy) is 1. The van der Waals surface area contributed by atoms with E-state index >= 15 is 0 Å². The van der Waals surface area contributed by atoms with E-state index in [9.17, 15) is 4.39 Å². The van der Waals surface area contributed by atoms with E-state index in [1.54, 1.807) is 18.2 Å². The van der Waals surface area contributed by atoms with Gasteiger partial charge < -0.3 is 9.26 Å². The molecule has 0 spiro atoms. The average molecular weight is 286 g/mol. The molecule has 0 aliphatic heterocycles. The van der Waals surface area contributed by atoms with Crippen molar-refractivity contribution in [2.45, 2.75) is 5.33 Å². The quantitative estimate of drug-likeness (QED) is 0.811. The third kappa shape index (κ3) is 1.95. The molecule has 0 amide bonds. The van der Waals surface area contributed by atoms with Gasteiger partial charge in [-0.2, -0.15) is 0 Å². The van der Waals surface area contributed by atoms with Crippen LogP contribution in [0.4, 0.5) is 4.39 Å². The Morgan fingerprint density at radius 2 is 2.31 bits per heavy atom. The number of nitrogens with zero attached hydrogens (tertiary/aromatic N) is 1. The largest absolute Gasteiger partial charge is 0.496 e. The van der Waals surface area contributed by atoms with Crippen molar-refractivity contribution < 1.29 is 13.7 Å². The van der Waals surface area contributed by atoms with Gasteiger partial charge in [0.15, 0.2) is 5.76 Å². The van der Waals surface area contributed by atoms with E-state index in [0.29, 0.717) is 28.1 Å². The van der Waals surface area contributed by atoms with Crippen LogP contribution in [0.5, 0.6) is 5.75 Å². The number of rotatable bonds is 3. The minimum atomic E-state index is -0.392. The van der Waals surface area contributed by atoms with Crippen LogP contribution in [0.15, 0.2) is 28.8 Å². The molecule has 2 rings (SSSR count). The summed E-state index contributed by atoms with van der Waals surface area (Å²) >= 11 is 3.25. The lowest BCUT2D eigenvalue weighted by molar-refractivity contribution is 0.400. The summed E-state index contributed by atoms with van der Waals surface area (Å²) in [5, 5.41) is 4.35. The van der Waals surface area contributed by atoms with E-state index in [4.69, 9.17) is 9.26 Å². The summed E-state index contributed by atoms with van der Waals surface area (Å²) in [4.78, 5) is 0. The summed E-state index contributed by atoms with van der Waals surface area (Å²) in [6, 6.07) is 6.29. The van der Waals surface area contributed by atoms with Gasteiger partial charge in [-0.1, -0.05) is 27.2 Å². The van der Waals surface area contributed by atoms with Crippen molar-refractivity contribution in [1.29, 1.82) is 0 Å². The molecule has 84 valence electrons. The monoisotopic (exact) mass is 285 g/mol. The Balaban J connectivity index is 2.53. The highest BCUT2D eigenvalue weighted by Gasteiger charge is 2.16. The zero-order chi connectivity index (χ0) is 11.5. The van der Waals surface area contributed by atoms with E-state index in [0.717, 1.165) is 0 Å². The van der Waals surface area contributed by atoms with Gasteiger partial charge in [0, 0.05) is 11.4 Å². The predicted molar refractivity (Wildman–Crippen MR) is 61.1 cm³/mol. The van der Waals surface area contributed by atoms with Gasteiger partial charge in [0.2, 0.25) is 0 Å². The van der Waals surface area contributed by atoms with E-state index in [1.165, 1.54) is 13.2 Å². The van der Waals surface area contributed by atoms with E-state index in [2.05, 4.69) is 21.1 Å². The second-order valence-electron chi connectivity index (χ2n) is 3.13. The second kappa shape index (κ2) is 4.65. The van der Waals surface area contributed by atoms with Crippen LogP contribution in [0, 0.1) is 5.82 Å². The maximum absolute atomic E-state index is 13.7. The first-order valence-electron chi connectivity index (χ1n) is 4.60. The fourth-order valence-corrected chi connectivity index (χ4v) is 1.67. The molecule has 0 N–H and O–H groups in total. The molecule has 0 saturated heterocycles. The zero-order valence-corrected chi connectivity index (χ0v) is 10.1. The van der Waals surface area contributed by atoms with Crippen LogP contribution in [-0.2, 0) is 5.33 Å². The maximum Gasteiger partial charge on any atom is 0.173 e. The molecule has 2 aromatic rings. The number of methoxy groups -OCH3 is 1. The Kier molecular flexibility index (Phi) is 3.24. The standard InChI is InChI=1S/C11H9BrFNO2/c1-15-9-4-2-3-8(13)11(9)10-5-7(6-12)14-16-10/h2-5H,6H2,1H3. The van der Waals surface area contributed by atoms with Crippen LogP contribution >= 0.6 is 15.9 Å². The maximum atomic E-state index is 13.7. The van der Waals surface area contributed by atoms with Crippen LogP contribution in [0.3, 0.4) is 0 Å². The summed E-state index contributed by atoms with van der Waals surface area (Å²) < 4.78 is 23.8. The van der Waals surface area contributed by atoms with Crippen LogP contribution in [0.25, 0.3) is 11.3 Å². The Labute approximate surface area is 100 Å². The highest BCUT2D eigenvalue weighted by molar-refractivity contribution is 9.08. The fraction of sp³-hybridized carbons (Fsp3) is 0.182. The molecule has 0 unspecified atom stereocenters. The molecule has 5 heteroatoms. The summed E-state index contributed by atoms with van der Waals surface area (Å²) in [7, 11) is 1.49. The smallest absolute Gasteiger partial charge is 0.173 e. The number of hydrogen-bond acceptors (Lipinski definition) is 3. The Morgan fingerprint density at radius 3 is 2.94 bits per heavy atom. The normalized spacial score (nSPS) is 10.4.